The van der Waals surface area contributed by atoms with Crippen molar-refractivity contribution in [3.63, 3.8) is 0 Å². The van der Waals surface area contributed by atoms with Gasteiger partial charge in [-0.15, -0.1) is 0 Å². The Bertz CT molecular complexity index is 1250. The lowest BCUT2D eigenvalue weighted by Crippen LogP contribution is -2.43. The molecule has 1 aromatic heterocycles. The first-order valence-electron chi connectivity index (χ1n) is 12.4. The number of likely N-dealkylation sites (N-methyl/N-ethyl adjacent to an activating group) is 1. The van der Waals surface area contributed by atoms with Gasteiger partial charge in [-0.05, 0) is 68.4 Å². The SMILES string of the molecule is CC(C)N(C)CCN(C=O)c1ccc(-c2cc(F)cc(-c3ccnc(N4CCNCC4)c3)c2O)cc1Cl. The van der Waals surface area contributed by atoms with Gasteiger partial charge in [0.25, 0.3) is 0 Å². The largest absolute Gasteiger partial charge is 0.507 e. The monoisotopic (exact) mass is 525 g/mol. The Hall–Kier alpha value is -3.20. The number of hydrogen-bond acceptors (Lipinski definition) is 6. The number of nitrogens with zero attached hydrogens (tertiary/aromatic N) is 4. The minimum Gasteiger partial charge on any atom is -0.507 e. The zero-order valence-electron chi connectivity index (χ0n) is 21.4. The Morgan fingerprint density at radius 2 is 1.78 bits per heavy atom. The van der Waals surface area contributed by atoms with E-state index >= 15 is 0 Å². The van der Waals surface area contributed by atoms with Gasteiger partial charge in [0.05, 0.1) is 10.7 Å². The summed E-state index contributed by atoms with van der Waals surface area (Å²) in [7, 11) is 2.00. The molecule has 1 saturated heterocycles. The van der Waals surface area contributed by atoms with Crippen LogP contribution >= 0.6 is 11.6 Å². The zero-order chi connectivity index (χ0) is 26.5. The van der Waals surface area contributed by atoms with Crippen LogP contribution in [0.25, 0.3) is 22.3 Å². The Kier molecular flexibility index (Phi) is 8.63. The lowest BCUT2D eigenvalue weighted by molar-refractivity contribution is -0.107. The van der Waals surface area contributed by atoms with E-state index in [-0.39, 0.29) is 5.75 Å². The molecule has 2 aromatic carbocycles. The molecule has 0 radical (unpaired) electrons. The molecule has 9 heteroatoms. The molecule has 7 nitrogen and oxygen atoms in total. The number of rotatable bonds is 9. The van der Waals surface area contributed by atoms with Crippen molar-refractivity contribution in [2.24, 2.45) is 0 Å². The summed E-state index contributed by atoms with van der Waals surface area (Å²) in [6.45, 7) is 8.73. The molecule has 0 bridgehead atoms. The summed E-state index contributed by atoms with van der Waals surface area (Å²) < 4.78 is 14.8. The molecule has 2 N–H and O–H groups in total. The van der Waals surface area contributed by atoms with Gasteiger partial charge < -0.3 is 25.1 Å². The fraction of sp³-hybridized carbons (Fsp3) is 0.357. The van der Waals surface area contributed by atoms with Crippen LogP contribution in [0.1, 0.15) is 13.8 Å². The van der Waals surface area contributed by atoms with Gasteiger partial charge in [0.2, 0.25) is 6.41 Å². The average molecular weight is 526 g/mol. The van der Waals surface area contributed by atoms with Crippen LogP contribution in [-0.4, -0.2) is 73.8 Å². The Labute approximate surface area is 222 Å². The van der Waals surface area contributed by atoms with Crippen LogP contribution in [0.2, 0.25) is 5.02 Å². The highest BCUT2D eigenvalue weighted by Crippen LogP contribution is 2.41. The molecule has 0 atom stereocenters. The molecule has 1 amide bonds. The normalized spacial score (nSPS) is 13.9. The Balaban J connectivity index is 1.64. The summed E-state index contributed by atoms with van der Waals surface area (Å²) >= 11 is 6.58. The number of anilines is 2. The highest BCUT2D eigenvalue weighted by Gasteiger charge is 2.19. The Morgan fingerprint density at radius 3 is 2.41 bits per heavy atom. The molecule has 3 aromatic rings. The number of nitrogens with one attached hydrogen (secondary N) is 1. The molecule has 0 unspecified atom stereocenters. The van der Waals surface area contributed by atoms with Crippen molar-refractivity contribution < 1.29 is 14.3 Å². The van der Waals surface area contributed by atoms with Crippen molar-refractivity contribution in [3.8, 4) is 28.0 Å². The number of carbonyl (C=O) groups excluding carboxylic acids is 1. The number of aromatic hydroxyl groups is 1. The number of halogens is 2. The first-order chi connectivity index (χ1) is 17.8. The third kappa shape index (κ3) is 6.21. The van der Waals surface area contributed by atoms with Crippen LogP contribution in [0, 0.1) is 5.82 Å². The second-order valence-electron chi connectivity index (χ2n) is 9.53. The van der Waals surface area contributed by atoms with E-state index in [1.165, 1.54) is 12.1 Å². The molecule has 0 saturated carbocycles. The number of phenols is 1. The molecule has 0 aliphatic carbocycles. The minimum absolute atomic E-state index is 0.0477. The summed E-state index contributed by atoms with van der Waals surface area (Å²) in [5.74, 6) is 0.261. The van der Waals surface area contributed by atoms with Gasteiger partial charge in [0.15, 0.2) is 0 Å². The zero-order valence-corrected chi connectivity index (χ0v) is 22.2. The number of benzene rings is 2. The van der Waals surface area contributed by atoms with Gasteiger partial charge in [-0.2, -0.15) is 0 Å². The Morgan fingerprint density at radius 1 is 1.11 bits per heavy atom. The maximum absolute atomic E-state index is 14.8. The number of phenolic OH excluding ortho intramolecular Hbond substituents is 1. The van der Waals surface area contributed by atoms with Crippen LogP contribution in [0.4, 0.5) is 15.9 Å². The van der Waals surface area contributed by atoms with E-state index in [0.29, 0.717) is 52.1 Å². The smallest absolute Gasteiger partial charge is 0.214 e. The van der Waals surface area contributed by atoms with Gasteiger partial charge >= 0.3 is 0 Å². The molecule has 1 fully saturated rings. The minimum atomic E-state index is -0.477. The quantitative estimate of drug-likeness (QED) is 0.397. The second-order valence-corrected chi connectivity index (χ2v) is 9.94. The van der Waals surface area contributed by atoms with E-state index in [2.05, 4.69) is 33.9 Å². The summed E-state index contributed by atoms with van der Waals surface area (Å²) in [5.41, 5.74) is 2.48. The van der Waals surface area contributed by atoms with E-state index in [9.17, 15) is 14.3 Å². The fourth-order valence-corrected chi connectivity index (χ4v) is 4.64. The van der Waals surface area contributed by atoms with Crippen molar-refractivity contribution in [1.82, 2.24) is 15.2 Å². The van der Waals surface area contributed by atoms with Crippen molar-refractivity contribution in [1.29, 1.82) is 0 Å². The average Bonchev–Trinajstić information content (AvgIpc) is 2.91. The number of aromatic nitrogens is 1. The third-order valence-corrected chi connectivity index (χ3v) is 7.15. The fourth-order valence-electron chi connectivity index (χ4n) is 4.35. The van der Waals surface area contributed by atoms with E-state index in [0.717, 1.165) is 38.4 Å². The van der Waals surface area contributed by atoms with Gasteiger partial charge in [0.1, 0.15) is 17.4 Å². The van der Waals surface area contributed by atoms with Crippen LogP contribution in [0.5, 0.6) is 5.75 Å². The predicted octanol–water partition coefficient (Wildman–Crippen LogP) is 4.63. The van der Waals surface area contributed by atoms with Crippen molar-refractivity contribution in [3.05, 3.63) is 59.5 Å². The first kappa shape index (κ1) is 26.9. The number of piperazine rings is 1. The van der Waals surface area contributed by atoms with Crippen LogP contribution in [-0.2, 0) is 4.79 Å². The molecule has 4 rings (SSSR count). The van der Waals surface area contributed by atoms with E-state index < -0.39 is 5.82 Å². The number of pyridine rings is 1. The van der Waals surface area contributed by atoms with Crippen LogP contribution in [0.15, 0.2) is 48.7 Å². The third-order valence-electron chi connectivity index (χ3n) is 6.84. The number of hydrogen-bond donors (Lipinski definition) is 2. The van der Waals surface area contributed by atoms with Gasteiger partial charge in [-0.1, -0.05) is 17.7 Å². The highest BCUT2D eigenvalue weighted by atomic mass is 35.5. The molecule has 1 aliphatic heterocycles. The first-order valence-corrected chi connectivity index (χ1v) is 12.8. The standard InChI is InChI=1S/C28H33ClFN5O2/c1-19(2)33(3)12-13-35(18-36)26-5-4-20(14-25(26)29)23-16-22(30)17-24(28(23)37)21-6-7-32-27(15-21)34-10-8-31-9-11-34/h4-7,14-19,31,37H,8-13H2,1-3H3. The summed E-state index contributed by atoms with van der Waals surface area (Å²) in [4.78, 5) is 22.1. The van der Waals surface area contributed by atoms with Crippen LogP contribution in [0.3, 0.4) is 0 Å². The maximum atomic E-state index is 14.8. The van der Waals surface area contributed by atoms with Crippen molar-refractivity contribution in [2.45, 2.75) is 19.9 Å². The topological polar surface area (TPSA) is 71.9 Å². The molecule has 1 aliphatic rings. The van der Waals surface area contributed by atoms with Gasteiger partial charge in [0, 0.05) is 62.6 Å². The molecular weight excluding hydrogens is 493 g/mol. The highest BCUT2D eigenvalue weighted by molar-refractivity contribution is 6.34. The van der Waals surface area contributed by atoms with Crippen molar-refractivity contribution in [2.75, 3.05) is 56.1 Å². The molecule has 2 heterocycles. The lowest BCUT2D eigenvalue weighted by atomic mass is 9.97. The molecule has 0 spiro atoms. The molecule has 37 heavy (non-hydrogen) atoms. The van der Waals surface area contributed by atoms with E-state index in [1.54, 1.807) is 35.4 Å². The van der Waals surface area contributed by atoms with Gasteiger partial charge in [-0.25, -0.2) is 9.37 Å². The maximum Gasteiger partial charge on any atom is 0.214 e. The van der Waals surface area contributed by atoms with Crippen molar-refractivity contribution >= 4 is 29.5 Å². The lowest BCUT2D eigenvalue weighted by Gasteiger charge is -2.28. The summed E-state index contributed by atoms with van der Waals surface area (Å²) in [5, 5.41) is 14.9. The van der Waals surface area contributed by atoms with E-state index in [1.807, 2.05) is 13.1 Å². The number of amides is 1. The van der Waals surface area contributed by atoms with E-state index in [4.69, 9.17) is 11.6 Å². The second kappa shape index (κ2) is 11.9. The predicted molar refractivity (Wildman–Crippen MR) is 148 cm³/mol. The molecule has 196 valence electrons. The number of carbonyl (C=O) groups is 1. The summed E-state index contributed by atoms with van der Waals surface area (Å²) in [6.07, 6.45) is 2.43. The summed E-state index contributed by atoms with van der Waals surface area (Å²) in [6, 6.07) is 11.7. The molecular formula is C28H33ClFN5O2. The van der Waals surface area contributed by atoms with Crippen LogP contribution < -0.4 is 15.1 Å². The van der Waals surface area contributed by atoms with Gasteiger partial charge in [-0.3, -0.25) is 4.79 Å².